The molecule has 2 atom stereocenters. The monoisotopic (exact) mass is 435 g/mol. The second-order valence-electron chi connectivity index (χ2n) is 7.75. The van der Waals surface area contributed by atoms with E-state index in [2.05, 4.69) is 10.4 Å². The first-order chi connectivity index (χ1) is 14.4. The van der Waals surface area contributed by atoms with Gasteiger partial charge in [-0.25, -0.2) is 10.6 Å². The quantitative estimate of drug-likeness (QED) is 0.358. The van der Waals surface area contributed by atoms with Crippen molar-refractivity contribution in [3.05, 3.63) is 35.9 Å². The number of rotatable bonds is 6. The third kappa shape index (κ3) is 5.15. The summed E-state index contributed by atoms with van der Waals surface area (Å²) in [5, 5.41) is 4.06. The summed E-state index contributed by atoms with van der Waals surface area (Å²) in [5.41, 5.74) is 0.770. The van der Waals surface area contributed by atoms with Gasteiger partial charge in [-0.05, 0) is 29.4 Å². The van der Waals surface area contributed by atoms with Crippen LogP contribution in [-0.2, 0) is 25.5 Å². The van der Waals surface area contributed by atoms with Gasteiger partial charge in [0.15, 0.2) is 0 Å². The zero-order chi connectivity index (χ0) is 21.6. The van der Waals surface area contributed by atoms with E-state index in [1.807, 2.05) is 18.2 Å². The molecule has 0 aromatic heterocycles. The van der Waals surface area contributed by atoms with Crippen LogP contribution < -0.4 is 16.2 Å². The fourth-order valence-electron chi connectivity index (χ4n) is 3.89. The fraction of sp³-hybridized carbons (Fsp3) is 0.550. The molecule has 1 heterocycles. The summed E-state index contributed by atoms with van der Waals surface area (Å²) in [7, 11) is -2.64. The average Bonchev–Trinajstić information content (AvgIpc) is 2.76. The number of nitrogens with zero attached hydrogens (tertiary/aromatic N) is 1. The highest BCUT2D eigenvalue weighted by atomic mass is 31.1. The number of hydrogen-bond acceptors (Lipinski definition) is 6. The zero-order valence-electron chi connectivity index (χ0n) is 16.8. The van der Waals surface area contributed by atoms with Crippen molar-refractivity contribution >= 4 is 25.9 Å². The molecule has 1 aliphatic heterocycles. The predicted octanol–water partition coefficient (Wildman–Crippen LogP) is 2.54. The number of alkyl carbamates (subject to hydrolysis) is 1. The summed E-state index contributed by atoms with van der Waals surface area (Å²) in [5.74, 6) is 4.48. The standard InChI is InChI=1S/C20H27N4O5P/c21-24-13-7-12-20(18(24)26,22-19(27)29-14-15-8-3-1-4-9-15)30(28)23-17(25)16-10-5-2-6-11-16/h1,3-4,8-9,16H,2,5-7,10-14,21H2,(H-,22,23,25,27,28)/p+1. The number of hydrogen-bond donors (Lipinski definition) is 3. The molecule has 162 valence electrons. The first-order valence-electron chi connectivity index (χ1n) is 10.3. The number of piperidine rings is 1. The third-order valence-electron chi connectivity index (χ3n) is 5.61. The summed E-state index contributed by atoms with van der Waals surface area (Å²) in [6.45, 7) is 0.273. The van der Waals surface area contributed by atoms with Crippen molar-refractivity contribution < 1.29 is 23.7 Å². The number of hydrazine groups is 1. The molecule has 1 aliphatic carbocycles. The van der Waals surface area contributed by atoms with Gasteiger partial charge in [0.1, 0.15) is 6.61 Å². The molecule has 1 aromatic rings. The van der Waals surface area contributed by atoms with Crippen LogP contribution in [0.5, 0.6) is 0 Å². The highest BCUT2D eigenvalue weighted by Gasteiger charge is 2.62. The van der Waals surface area contributed by atoms with Gasteiger partial charge in [-0.1, -0.05) is 49.6 Å². The van der Waals surface area contributed by atoms with E-state index in [9.17, 15) is 18.9 Å². The number of carbonyl (C=O) groups excluding carboxylic acids is 3. The molecule has 3 rings (SSSR count). The molecule has 3 amide bonds. The molecule has 1 saturated carbocycles. The topological polar surface area (TPSA) is 131 Å². The molecule has 10 heteroatoms. The molecule has 0 spiro atoms. The Hall–Kier alpha value is -2.51. The van der Waals surface area contributed by atoms with Crippen LogP contribution in [0.15, 0.2) is 30.3 Å². The molecule has 2 aliphatic rings. The lowest BCUT2D eigenvalue weighted by atomic mass is 9.89. The predicted molar refractivity (Wildman–Crippen MR) is 110 cm³/mol. The minimum atomic E-state index is -2.64. The lowest BCUT2D eigenvalue weighted by Crippen LogP contribution is -2.63. The zero-order valence-corrected chi connectivity index (χ0v) is 17.7. The molecule has 0 bridgehead atoms. The molecule has 0 radical (unpaired) electrons. The summed E-state index contributed by atoms with van der Waals surface area (Å²) in [4.78, 5) is 37.9. The Morgan fingerprint density at radius 1 is 1.17 bits per heavy atom. The normalized spacial score (nSPS) is 22.9. The Balaban J connectivity index is 1.70. The van der Waals surface area contributed by atoms with Gasteiger partial charge in [0, 0.05) is 18.9 Å². The molecule has 1 saturated heterocycles. The van der Waals surface area contributed by atoms with Gasteiger partial charge in [0.05, 0.1) is 0 Å². The minimum Gasteiger partial charge on any atom is -0.445 e. The van der Waals surface area contributed by atoms with Crippen LogP contribution >= 0.6 is 7.95 Å². The lowest BCUT2D eigenvalue weighted by Gasteiger charge is -2.32. The molecule has 2 unspecified atom stereocenters. The maximum absolute atomic E-state index is 13.2. The van der Waals surface area contributed by atoms with Crippen molar-refractivity contribution in [1.82, 2.24) is 15.4 Å². The number of carbonyl (C=O) groups is 3. The average molecular weight is 435 g/mol. The third-order valence-corrected chi connectivity index (χ3v) is 7.25. The Bertz CT molecular complexity index is 800. The number of nitrogens with two attached hydrogens (primary N) is 1. The van der Waals surface area contributed by atoms with Crippen LogP contribution in [0.4, 0.5) is 4.79 Å². The molecular weight excluding hydrogens is 407 g/mol. The van der Waals surface area contributed by atoms with E-state index >= 15 is 0 Å². The molecule has 4 N–H and O–H groups in total. The molecule has 1 aromatic carbocycles. The van der Waals surface area contributed by atoms with Crippen molar-refractivity contribution in [1.29, 1.82) is 0 Å². The van der Waals surface area contributed by atoms with Crippen LogP contribution in [0.3, 0.4) is 0 Å². The maximum atomic E-state index is 13.2. The van der Waals surface area contributed by atoms with Crippen molar-refractivity contribution in [2.24, 2.45) is 11.8 Å². The van der Waals surface area contributed by atoms with E-state index < -0.39 is 25.2 Å². The van der Waals surface area contributed by atoms with Crippen LogP contribution in [0.25, 0.3) is 0 Å². The second-order valence-corrected chi connectivity index (χ2v) is 9.33. The van der Waals surface area contributed by atoms with E-state index in [0.29, 0.717) is 6.42 Å². The van der Waals surface area contributed by atoms with Crippen molar-refractivity contribution in [2.45, 2.75) is 56.8 Å². The summed E-state index contributed by atoms with van der Waals surface area (Å²) in [6, 6.07) is 9.05. The van der Waals surface area contributed by atoms with Crippen molar-refractivity contribution in [2.75, 3.05) is 6.54 Å². The number of nitrogens with one attached hydrogen (secondary N) is 2. The summed E-state index contributed by atoms with van der Waals surface area (Å²) < 4.78 is 18.4. The van der Waals surface area contributed by atoms with Gasteiger partial charge >= 0.3 is 25.2 Å². The second kappa shape index (κ2) is 10.00. The van der Waals surface area contributed by atoms with Gasteiger partial charge in [-0.2, -0.15) is 0 Å². The molecule has 9 nitrogen and oxygen atoms in total. The van der Waals surface area contributed by atoms with Crippen LogP contribution in [-0.4, -0.2) is 34.7 Å². The Labute approximate surface area is 176 Å². The van der Waals surface area contributed by atoms with Gasteiger partial charge in [0.25, 0.3) is 5.91 Å². The first kappa shape index (κ1) is 22.2. The van der Waals surface area contributed by atoms with Gasteiger partial charge in [0.2, 0.25) is 0 Å². The molecule has 2 fully saturated rings. The van der Waals surface area contributed by atoms with E-state index in [1.165, 1.54) is 0 Å². The largest absolute Gasteiger partial charge is 0.501 e. The number of benzene rings is 1. The van der Waals surface area contributed by atoms with Crippen LogP contribution in [0.1, 0.15) is 50.5 Å². The van der Waals surface area contributed by atoms with Gasteiger partial charge in [-0.3, -0.25) is 19.9 Å². The smallest absolute Gasteiger partial charge is 0.445 e. The number of ether oxygens (including phenoxy) is 1. The lowest BCUT2D eigenvalue weighted by molar-refractivity contribution is -0.138. The van der Waals surface area contributed by atoms with Gasteiger partial charge in [-0.15, -0.1) is 5.09 Å². The molecule has 30 heavy (non-hydrogen) atoms. The first-order valence-corrected chi connectivity index (χ1v) is 11.5. The van der Waals surface area contributed by atoms with Crippen molar-refractivity contribution in [3.8, 4) is 0 Å². The minimum absolute atomic E-state index is 0.00546. The summed E-state index contributed by atoms with van der Waals surface area (Å²) >= 11 is 0. The number of amides is 3. The summed E-state index contributed by atoms with van der Waals surface area (Å²) in [6.07, 6.45) is 4.06. The van der Waals surface area contributed by atoms with E-state index in [0.717, 1.165) is 42.7 Å². The van der Waals surface area contributed by atoms with Gasteiger partial charge < -0.3 is 4.74 Å². The highest BCUT2D eigenvalue weighted by Crippen LogP contribution is 2.41. The van der Waals surface area contributed by atoms with E-state index in [1.54, 1.807) is 12.1 Å². The fourth-order valence-corrected chi connectivity index (χ4v) is 5.32. The maximum Gasteiger partial charge on any atom is 0.501 e. The molecular formula is C20H28N4O5P+. The van der Waals surface area contributed by atoms with Crippen LogP contribution in [0.2, 0.25) is 0 Å². The van der Waals surface area contributed by atoms with E-state index in [-0.39, 0.29) is 31.4 Å². The SMILES string of the molecule is NN1CCCC(NC(=O)OCc2ccccc2)([P+](=O)NC(=O)C2CCCCC2)C1=O. The van der Waals surface area contributed by atoms with Crippen molar-refractivity contribution in [3.63, 3.8) is 0 Å². The van der Waals surface area contributed by atoms with E-state index in [4.69, 9.17) is 10.6 Å². The Morgan fingerprint density at radius 3 is 2.57 bits per heavy atom. The Kier molecular flexibility index (Phi) is 7.39. The Morgan fingerprint density at radius 2 is 1.87 bits per heavy atom. The van der Waals surface area contributed by atoms with Crippen LogP contribution in [0, 0.1) is 5.92 Å². The highest BCUT2D eigenvalue weighted by molar-refractivity contribution is 7.46.